The van der Waals surface area contributed by atoms with E-state index in [0.29, 0.717) is 6.29 Å². The van der Waals surface area contributed by atoms with Crippen molar-refractivity contribution in [2.24, 2.45) is 0 Å². The Morgan fingerprint density at radius 2 is 1.93 bits per heavy atom. The summed E-state index contributed by atoms with van der Waals surface area (Å²) in [6.45, 7) is 0. The van der Waals surface area contributed by atoms with E-state index in [4.69, 9.17) is 0 Å². The van der Waals surface area contributed by atoms with Gasteiger partial charge in [0.1, 0.15) is 5.82 Å². The number of hydrogen-bond donors (Lipinski definition) is 0. The van der Waals surface area contributed by atoms with E-state index < -0.39 is 5.82 Å². The Bertz CT molecular complexity index is 399. The second-order valence-corrected chi connectivity index (χ2v) is 3.91. The Balaban J connectivity index is 2.26. The minimum atomic E-state index is -0.433. The van der Waals surface area contributed by atoms with Gasteiger partial charge in [0.15, 0.2) is 6.29 Å². The highest BCUT2D eigenvalue weighted by Gasteiger charge is 2.07. The van der Waals surface area contributed by atoms with Crippen LogP contribution in [-0.4, -0.2) is 6.29 Å². The van der Waals surface area contributed by atoms with Gasteiger partial charge in [-0.15, -0.1) is 0 Å². The Morgan fingerprint density at radius 3 is 2.53 bits per heavy atom. The molecule has 0 aromatic heterocycles. The normalized spacial score (nSPS) is 15.4. The van der Waals surface area contributed by atoms with Gasteiger partial charge in [-0.1, -0.05) is 17.7 Å². The van der Waals surface area contributed by atoms with Gasteiger partial charge < -0.3 is 0 Å². The van der Waals surface area contributed by atoms with Gasteiger partial charge in [0.25, 0.3) is 0 Å². The van der Waals surface area contributed by atoms with E-state index in [1.165, 1.54) is 30.5 Å². The number of carbonyl (C=O) groups excluding carboxylic acids is 1. The van der Waals surface area contributed by atoms with Gasteiger partial charge in [-0.3, -0.25) is 4.79 Å². The molecular weight excluding hydrogens is 191 g/mol. The van der Waals surface area contributed by atoms with Crippen molar-refractivity contribution in [1.82, 2.24) is 0 Å². The van der Waals surface area contributed by atoms with Crippen LogP contribution in [0.4, 0.5) is 4.39 Å². The van der Waals surface area contributed by atoms with Gasteiger partial charge in [0, 0.05) is 0 Å². The lowest BCUT2D eigenvalue weighted by atomic mass is 10.1. The van der Waals surface area contributed by atoms with E-state index in [1.54, 1.807) is 6.07 Å². The van der Waals surface area contributed by atoms with Gasteiger partial charge in [0.2, 0.25) is 0 Å². The maximum Gasteiger partial charge on any atom is 0.152 e. The fourth-order valence-electron chi connectivity index (χ4n) is 1.94. The molecule has 1 fully saturated rings. The molecule has 0 bridgehead atoms. The van der Waals surface area contributed by atoms with Crippen molar-refractivity contribution in [2.75, 3.05) is 0 Å². The van der Waals surface area contributed by atoms with Crippen LogP contribution >= 0.6 is 0 Å². The molecule has 0 unspecified atom stereocenters. The lowest BCUT2D eigenvalue weighted by Crippen LogP contribution is -1.88. The van der Waals surface area contributed by atoms with Crippen LogP contribution in [0.15, 0.2) is 23.8 Å². The van der Waals surface area contributed by atoms with Crippen LogP contribution in [0.3, 0.4) is 0 Å². The summed E-state index contributed by atoms with van der Waals surface area (Å²) in [6.07, 6.45) is 7.29. The molecule has 0 spiro atoms. The van der Waals surface area contributed by atoms with Crippen LogP contribution in [0.5, 0.6) is 0 Å². The first-order chi connectivity index (χ1) is 7.29. The molecule has 2 rings (SSSR count). The number of benzene rings is 1. The van der Waals surface area contributed by atoms with Crippen LogP contribution in [0.1, 0.15) is 41.6 Å². The predicted molar refractivity (Wildman–Crippen MR) is 58.2 cm³/mol. The summed E-state index contributed by atoms with van der Waals surface area (Å²) in [5.74, 6) is -0.433. The summed E-state index contributed by atoms with van der Waals surface area (Å²) >= 11 is 0. The highest BCUT2D eigenvalue weighted by atomic mass is 19.1. The number of allylic oxidation sites excluding steroid dienone is 1. The molecule has 78 valence electrons. The smallest absolute Gasteiger partial charge is 0.152 e. The van der Waals surface area contributed by atoms with Crippen molar-refractivity contribution in [3.8, 4) is 0 Å². The second-order valence-electron chi connectivity index (χ2n) is 3.91. The molecule has 1 saturated carbocycles. The third kappa shape index (κ3) is 2.32. The molecule has 0 N–H and O–H groups in total. The molecule has 2 heteroatoms. The van der Waals surface area contributed by atoms with Gasteiger partial charge in [-0.2, -0.15) is 0 Å². The van der Waals surface area contributed by atoms with E-state index in [1.807, 2.05) is 6.08 Å². The van der Waals surface area contributed by atoms with Gasteiger partial charge >= 0.3 is 0 Å². The molecule has 0 amide bonds. The molecular formula is C13H13FO. The molecule has 1 nitrogen and oxygen atoms in total. The zero-order valence-electron chi connectivity index (χ0n) is 8.50. The zero-order chi connectivity index (χ0) is 10.7. The molecule has 0 radical (unpaired) electrons. The van der Waals surface area contributed by atoms with Crippen LogP contribution < -0.4 is 0 Å². The SMILES string of the molecule is O=Cc1ccc(C=C2CCCC2)cc1F. The molecule has 1 aromatic carbocycles. The second kappa shape index (κ2) is 4.39. The van der Waals surface area contributed by atoms with Crippen molar-refractivity contribution >= 4 is 12.4 Å². The van der Waals surface area contributed by atoms with E-state index in [2.05, 4.69) is 0 Å². The van der Waals surface area contributed by atoms with Crippen LogP contribution in [0.25, 0.3) is 6.08 Å². The van der Waals surface area contributed by atoms with Gasteiger partial charge in [-0.25, -0.2) is 4.39 Å². The Morgan fingerprint density at radius 1 is 1.20 bits per heavy atom. The maximum absolute atomic E-state index is 13.3. The quantitative estimate of drug-likeness (QED) is 0.673. The zero-order valence-corrected chi connectivity index (χ0v) is 8.50. The van der Waals surface area contributed by atoms with Crippen LogP contribution in [-0.2, 0) is 0 Å². The summed E-state index contributed by atoms with van der Waals surface area (Å²) in [4.78, 5) is 10.4. The summed E-state index contributed by atoms with van der Waals surface area (Å²) in [5, 5.41) is 0. The summed E-state index contributed by atoms with van der Waals surface area (Å²) in [6, 6.07) is 4.75. The topological polar surface area (TPSA) is 17.1 Å². The first-order valence-corrected chi connectivity index (χ1v) is 5.24. The molecule has 0 heterocycles. The Labute approximate surface area is 88.6 Å². The first kappa shape index (κ1) is 10.1. The van der Waals surface area contributed by atoms with Crippen molar-refractivity contribution in [2.45, 2.75) is 25.7 Å². The van der Waals surface area contributed by atoms with Crippen LogP contribution in [0.2, 0.25) is 0 Å². The van der Waals surface area contributed by atoms with Gasteiger partial charge in [-0.05, 0) is 43.4 Å². The highest BCUT2D eigenvalue weighted by molar-refractivity contribution is 5.76. The molecule has 1 aromatic rings. The maximum atomic E-state index is 13.3. The number of rotatable bonds is 2. The lowest BCUT2D eigenvalue weighted by molar-refractivity contribution is 0.112. The van der Waals surface area contributed by atoms with Crippen molar-refractivity contribution < 1.29 is 9.18 Å². The summed E-state index contributed by atoms with van der Waals surface area (Å²) < 4.78 is 13.3. The molecule has 0 aliphatic heterocycles. The standard InChI is InChI=1S/C13H13FO/c14-13-8-11(5-6-12(13)9-15)7-10-3-1-2-4-10/h5-9H,1-4H2. The van der Waals surface area contributed by atoms with Crippen molar-refractivity contribution in [3.05, 3.63) is 40.7 Å². The lowest BCUT2D eigenvalue weighted by Gasteiger charge is -1.99. The molecule has 0 saturated heterocycles. The minimum Gasteiger partial charge on any atom is -0.298 e. The van der Waals surface area contributed by atoms with Crippen molar-refractivity contribution in [1.29, 1.82) is 0 Å². The number of carbonyl (C=O) groups is 1. The fraction of sp³-hybridized carbons (Fsp3) is 0.308. The first-order valence-electron chi connectivity index (χ1n) is 5.24. The highest BCUT2D eigenvalue weighted by Crippen LogP contribution is 2.26. The van der Waals surface area contributed by atoms with Gasteiger partial charge in [0.05, 0.1) is 5.56 Å². The number of halogens is 1. The predicted octanol–water partition coefficient (Wildman–Crippen LogP) is 3.60. The molecule has 1 aliphatic rings. The average Bonchev–Trinajstić information content (AvgIpc) is 2.71. The summed E-state index contributed by atoms with van der Waals surface area (Å²) in [5.41, 5.74) is 2.37. The third-order valence-corrected chi connectivity index (χ3v) is 2.77. The van der Waals surface area contributed by atoms with E-state index in [-0.39, 0.29) is 5.56 Å². The number of hydrogen-bond acceptors (Lipinski definition) is 1. The molecule has 15 heavy (non-hydrogen) atoms. The largest absolute Gasteiger partial charge is 0.298 e. The number of aldehydes is 1. The van der Waals surface area contributed by atoms with E-state index in [9.17, 15) is 9.18 Å². The van der Waals surface area contributed by atoms with Crippen molar-refractivity contribution in [3.63, 3.8) is 0 Å². The average molecular weight is 204 g/mol. The Kier molecular flexibility index (Phi) is 2.95. The molecule has 1 aliphatic carbocycles. The monoisotopic (exact) mass is 204 g/mol. The summed E-state index contributed by atoms with van der Waals surface area (Å²) in [7, 11) is 0. The van der Waals surface area contributed by atoms with E-state index >= 15 is 0 Å². The van der Waals surface area contributed by atoms with E-state index in [0.717, 1.165) is 18.4 Å². The Hall–Kier alpha value is -1.44. The third-order valence-electron chi connectivity index (χ3n) is 2.77. The fourth-order valence-corrected chi connectivity index (χ4v) is 1.94. The van der Waals surface area contributed by atoms with Crippen LogP contribution in [0, 0.1) is 5.82 Å². The minimum absolute atomic E-state index is 0.128. The molecule has 0 atom stereocenters.